The molecule has 0 nitrogen and oxygen atoms in total. The molecule has 3 atom stereocenters. The van der Waals surface area contributed by atoms with E-state index in [9.17, 15) is 0 Å². The van der Waals surface area contributed by atoms with Gasteiger partial charge in [0.1, 0.15) is 0 Å². The van der Waals surface area contributed by atoms with E-state index >= 15 is 0 Å². The van der Waals surface area contributed by atoms with Crippen molar-refractivity contribution in [1.29, 1.82) is 0 Å². The van der Waals surface area contributed by atoms with Crippen LogP contribution in [0.2, 0.25) is 0 Å². The predicted molar refractivity (Wildman–Crippen MR) is 57.6 cm³/mol. The van der Waals surface area contributed by atoms with E-state index in [0.717, 1.165) is 17.8 Å². The molecule has 0 spiro atoms. The number of rotatable bonds is 1. The quantitative estimate of drug-likeness (QED) is 0.570. The Kier molecular flexibility index (Phi) is 1.85. The van der Waals surface area contributed by atoms with E-state index in [1.54, 1.807) is 0 Å². The third kappa shape index (κ3) is 0.980. The van der Waals surface area contributed by atoms with E-state index in [4.69, 9.17) is 0 Å². The molecule has 0 aromatic rings. The second-order valence-corrected chi connectivity index (χ2v) is 6.46. The van der Waals surface area contributed by atoms with E-state index in [1.165, 1.54) is 19.3 Å². The Balaban J connectivity index is 2.33. The summed E-state index contributed by atoms with van der Waals surface area (Å²) < 4.78 is 0. The van der Waals surface area contributed by atoms with Gasteiger partial charge in [0.15, 0.2) is 0 Å². The normalized spacial score (nSPS) is 47.5. The highest BCUT2D eigenvalue weighted by Gasteiger charge is 2.61. The molecule has 0 heteroatoms. The van der Waals surface area contributed by atoms with Crippen LogP contribution < -0.4 is 0 Å². The molecule has 13 heavy (non-hydrogen) atoms. The van der Waals surface area contributed by atoms with Gasteiger partial charge < -0.3 is 0 Å². The molecule has 0 radical (unpaired) electrons. The van der Waals surface area contributed by atoms with E-state index in [0.29, 0.717) is 10.8 Å². The van der Waals surface area contributed by atoms with Crippen molar-refractivity contribution in [2.45, 2.75) is 53.9 Å². The van der Waals surface area contributed by atoms with Crippen molar-refractivity contribution in [3.05, 3.63) is 0 Å². The number of fused-ring (bicyclic) bond motifs is 2. The Bertz CT molecular complexity index is 214. The molecule has 0 heterocycles. The van der Waals surface area contributed by atoms with Crippen LogP contribution in [0.3, 0.4) is 0 Å². The van der Waals surface area contributed by atoms with Crippen molar-refractivity contribution >= 4 is 0 Å². The van der Waals surface area contributed by atoms with Gasteiger partial charge in [0, 0.05) is 0 Å². The van der Waals surface area contributed by atoms with Gasteiger partial charge >= 0.3 is 0 Å². The van der Waals surface area contributed by atoms with E-state index < -0.39 is 0 Å². The zero-order valence-electron chi connectivity index (χ0n) is 9.85. The van der Waals surface area contributed by atoms with Crippen molar-refractivity contribution in [3.8, 4) is 0 Å². The lowest BCUT2D eigenvalue weighted by Crippen LogP contribution is -2.34. The SMILES string of the molecule is CC(C)[C@H]1C[C@@H]2CC[C@@]1(C)C2(C)C. The molecule has 2 rings (SSSR count). The lowest BCUT2D eigenvalue weighted by molar-refractivity contribution is 0.0766. The van der Waals surface area contributed by atoms with Crippen LogP contribution in [0.4, 0.5) is 0 Å². The first-order valence-electron chi connectivity index (χ1n) is 5.89. The summed E-state index contributed by atoms with van der Waals surface area (Å²) in [6.45, 7) is 12.4. The van der Waals surface area contributed by atoms with Crippen LogP contribution in [-0.4, -0.2) is 0 Å². The van der Waals surface area contributed by atoms with E-state index in [2.05, 4.69) is 34.6 Å². The van der Waals surface area contributed by atoms with Crippen molar-refractivity contribution in [2.75, 3.05) is 0 Å². The molecule has 2 aliphatic carbocycles. The van der Waals surface area contributed by atoms with Gasteiger partial charge in [-0.2, -0.15) is 0 Å². The van der Waals surface area contributed by atoms with Crippen LogP contribution in [0.15, 0.2) is 0 Å². The highest BCUT2D eigenvalue weighted by molar-refractivity contribution is 5.10. The molecule has 0 saturated heterocycles. The lowest BCUT2D eigenvalue weighted by atomic mass is 9.64. The third-order valence-electron chi connectivity index (χ3n) is 5.67. The van der Waals surface area contributed by atoms with Crippen LogP contribution in [0.25, 0.3) is 0 Å². The van der Waals surface area contributed by atoms with Crippen LogP contribution in [0, 0.1) is 28.6 Å². The minimum absolute atomic E-state index is 0.613. The van der Waals surface area contributed by atoms with Crippen molar-refractivity contribution in [3.63, 3.8) is 0 Å². The first-order chi connectivity index (χ1) is 5.89. The molecule has 0 aliphatic heterocycles. The summed E-state index contributed by atoms with van der Waals surface area (Å²) in [6.07, 6.45) is 4.47. The minimum atomic E-state index is 0.613. The molecule has 2 aliphatic rings. The first kappa shape index (κ1) is 9.55. The molecular weight excluding hydrogens is 156 g/mol. The van der Waals surface area contributed by atoms with Gasteiger partial charge in [-0.25, -0.2) is 0 Å². The number of hydrogen-bond acceptors (Lipinski definition) is 0. The smallest absolute Gasteiger partial charge is 0.0241 e. The molecular formula is C13H24. The fourth-order valence-electron chi connectivity index (χ4n) is 4.27. The third-order valence-corrected chi connectivity index (χ3v) is 5.67. The topological polar surface area (TPSA) is 0 Å². The monoisotopic (exact) mass is 180 g/mol. The molecule has 0 aromatic heterocycles. The van der Waals surface area contributed by atoms with Crippen LogP contribution in [-0.2, 0) is 0 Å². The summed E-state index contributed by atoms with van der Waals surface area (Å²) in [4.78, 5) is 0. The van der Waals surface area contributed by atoms with Gasteiger partial charge in [0.05, 0.1) is 0 Å². The molecule has 0 amide bonds. The lowest BCUT2D eigenvalue weighted by Gasteiger charge is -2.41. The molecule has 2 fully saturated rings. The fourth-order valence-corrected chi connectivity index (χ4v) is 4.27. The largest absolute Gasteiger partial charge is 0.0625 e. The average Bonchev–Trinajstić information content (AvgIpc) is 2.34. The predicted octanol–water partition coefficient (Wildman–Crippen LogP) is 4.10. The Morgan fingerprint density at radius 1 is 1.15 bits per heavy atom. The molecule has 0 unspecified atom stereocenters. The highest BCUT2D eigenvalue weighted by atomic mass is 14.7. The Hall–Kier alpha value is 0. The van der Waals surface area contributed by atoms with Crippen LogP contribution in [0.1, 0.15) is 53.9 Å². The standard InChI is InChI=1S/C13H24/c1-9(2)11-8-10-6-7-13(11,5)12(10,3)4/h9-11H,6-8H2,1-5H3/t10-,11+,13+/m0/s1. The first-order valence-corrected chi connectivity index (χ1v) is 5.89. The molecule has 2 bridgehead atoms. The van der Waals surface area contributed by atoms with E-state index in [-0.39, 0.29) is 0 Å². The highest BCUT2D eigenvalue weighted by Crippen LogP contribution is 2.69. The van der Waals surface area contributed by atoms with Gasteiger partial charge in [-0.1, -0.05) is 34.6 Å². The summed E-state index contributed by atoms with van der Waals surface area (Å²) in [5.74, 6) is 2.89. The maximum atomic E-state index is 2.55. The van der Waals surface area contributed by atoms with Gasteiger partial charge in [0.2, 0.25) is 0 Å². The summed E-state index contributed by atoms with van der Waals surface area (Å²) >= 11 is 0. The second kappa shape index (κ2) is 2.52. The maximum absolute atomic E-state index is 2.55. The maximum Gasteiger partial charge on any atom is -0.0241 e. The van der Waals surface area contributed by atoms with Gasteiger partial charge in [-0.05, 0) is 47.8 Å². The zero-order valence-corrected chi connectivity index (χ0v) is 9.85. The van der Waals surface area contributed by atoms with Crippen molar-refractivity contribution < 1.29 is 0 Å². The Morgan fingerprint density at radius 2 is 1.77 bits per heavy atom. The Labute approximate surface area is 83.1 Å². The summed E-state index contributed by atoms with van der Waals surface area (Å²) in [5.41, 5.74) is 1.26. The summed E-state index contributed by atoms with van der Waals surface area (Å²) in [7, 11) is 0. The van der Waals surface area contributed by atoms with Crippen molar-refractivity contribution in [1.82, 2.24) is 0 Å². The van der Waals surface area contributed by atoms with Crippen molar-refractivity contribution in [2.24, 2.45) is 28.6 Å². The summed E-state index contributed by atoms with van der Waals surface area (Å²) in [6, 6.07) is 0. The molecule has 0 aromatic carbocycles. The molecule has 76 valence electrons. The van der Waals surface area contributed by atoms with Gasteiger partial charge in [-0.15, -0.1) is 0 Å². The minimum Gasteiger partial charge on any atom is -0.0625 e. The van der Waals surface area contributed by atoms with Gasteiger partial charge in [0.25, 0.3) is 0 Å². The van der Waals surface area contributed by atoms with Crippen LogP contribution >= 0.6 is 0 Å². The fraction of sp³-hybridized carbons (Fsp3) is 1.00. The average molecular weight is 180 g/mol. The van der Waals surface area contributed by atoms with Crippen LogP contribution in [0.5, 0.6) is 0 Å². The van der Waals surface area contributed by atoms with E-state index in [1.807, 2.05) is 0 Å². The number of hydrogen-bond donors (Lipinski definition) is 0. The second-order valence-electron chi connectivity index (χ2n) is 6.46. The Morgan fingerprint density at radius 3 is 2.00 bits per heavy atom. The molecule has 0 N–H and O–H groups in total. The summed E-state index contributed by atoms with van der Waals surface area (Å²) in [5, 5.41) is 0. The van der Waals surface area contributed by atoms with Gasteiger partial charge in [-0.3, -0.25) is 0 Å². The zero-order chi connectivity index (χ0) is 9.85. The molecule has 2 saturated carbocycles.